The highest BCUT2D eigenvalue weighted by Crippen LogP contribution is 2.20. The maximum absolute atomic E-state index is 14.0. The topological polar surface area (TPSA) is 87.7 Å². The maximum atomic E-state index is 14.0. The molecule has 2 bridgehead atoms. The average Bonchev–Trinajstić information content (AvgIpc) is 2.97. The molecule has 0 radical (unpaired) electrons. The van der Waals surface area contributed by atoms with E-state index in [4.69, 9.17) is 0 Å². The summed E-state index contributed by atoms with van der Waals surface area (Å²) in [6.07, 6.45) is 1.01. The van der Waals surface area contributed by atoms with Crippen LogP contribution in [0.4, 0.5) is 0 Å². The second kappa shape index (κ2) is 15.4. The third kappa shape index (κ3) is 9.54. The van der Waals surface area contributed by atoms with Gasteiger partial charge in [-0.2, -0.15) is 8.61 Å². The monoisotopic (exact) mass is 634 g/mol. The number of hydrogen-bond donors (Lipinski definition) is 0. The zero-order valence-electron chi connectivity index (χ0n) is 26.4. The summed E-state index contributed by atoms with van der Waals surface area (Å²) in [7, 11) is -3.42. The van der Waals surface area contributed by atoms with E-state index in [9.17, 15) is 16.8 Å². The van der Waals surface area contributed by atoms with Crippen LogP contribution in [0.1, 0.15) is 17.5 Å². The third-order valence-corrected chi connectivity index (χ3v) is 12.5. The molecule has 0 aliphatic carbocycles. The van der Waals surface area contributed by atoms with E-state index in [2.05, 4.69) is 33.7 Å². The Bertz CT molecular complexity index is 1370. The van der Waals surface area contributed by atoms with Crippen LogP contribution in [0.5, 0.6) is 0 Å². The van der Waals surface area contributed by atoms with Crippen LogP contribution in [0.15, 0.2) is 58.3 Å². The highest BCUT2D eigenvalue weighted by atomic mass is 32.2. The lowest BCUT2D eigenvalue weighted by Gasteiger charge is -2.31. The first kappa shape index (κ1) is 34.0. The van der Waals surface area contributed by atoms with Gasteiger partial charge < -0.3 is 14.7 Å². The first-order chi connectivity index (χ1) is 20.4. The molecule has 0 saturated carbocycles. The van der Waals surface area contributed by atoms with Gasteiger partial charge in [-0.05, 0) is 71.7 Å². The highest BCUT2D eigenvalue weighted by Gasteiger charge is 2.30. The van der Waals surface area contributed by atoms with Gasteiger partial charge >= 0.3 is 0 Å². The summed E-state index contributed by atoms with van der Waals surface area (Å²) in [5.41, 5.74) is 1.97. The molecular weight excluding hydrogens is 585 g/mol. The lowest BCUT2D eigenvalue weighted by molar-refractivity contribution is 0.190. The van der Waals surface area contributed by atoms with Gasteiger partial charge in [0.15, 0.2) is 0 Å². The zero-order valence-corrected chi connectivity index (χ0v) is 28.0. The number of rotatable bonds is 4. The molecule has 2 saturated heterocycles. The van der Waals surface area contributed by atoms with Crippen molar-refractivity contribution in [3.63, 3.8) is 0 Å². The Hall–Kier alpha value is -1.90. The second-order valence-corrected chi connectivity index (χ2v) is 16.0. The molecule has 0 spiro atoms. The van der Waals surface area contributed by atoms with Crippen molar-refractivity contribution in [2.45, 2.75) is 30.1 Å². The molecule has 2 aromatic rings. The normalized spacial score (nSPS) is 24.3. The Kier molecular flexibility index (Phi) is 12.2. The second-order valence-electron chi connectivity index (χ2n) is 12.1. The Labute approximate surface area is 259 Å². The van der Waals surface area contributed by atoms with Crippen LogP contribution < -0.4 is 0 Å². The molecule has 0 aromatic heterocycles. The molecule has 0 N–H and O–H groups in total. The number of nitrogens with zero attached hydrogens (tertiary/aromatic N) is 6. The predicted octanol–water partition coefficient (Wildman–Crippen LogP) is 1.87. The molecule has 10 nitrogen and oxygen atoms in total. The van der Waals surface area contributed by atoms with Gasteiger partial charge in [0.25, 0.3) is 0 Å². The van der Waals surface area contributed by atoms with Crippen molar-refractivity contribution in [3.05, 3.63) is 59.7 Å². The molecule has 2 unspecified atom stereocenters. The smallest absolute Gasteiger partial charge is 0.243 e. The van der Waals surface area contributed by atoms with E-state index in [1.54, 1.807) is 48.5 Å². The Morgan fingerprint density at radius 3 is 1.19 bits per heavy atom. The molecule has 4 rings (SSSR count). The average molecular weight is 635 g/mol. The van der Waals surface area contributed by atoms with E-state index >= 15 is 0 Å². The number of likely N-dealkylation sites (N-methyl/N-ethyl adjacent to an activating group) is 2. The molecule has 2 aromatic carbocycles. The first-order valence-corrected chi connectivity index (χ1v) is 18.3. The number of benzene rings is 2. The lowest BCUT2D eigenvalue weighted by atomic mass is 10.2. The van der Waals surface area contributed by atoms with Crippen molar-refractivity contribution in [1.29, 1.82) is 0 Å². The molecule has 2 fully saturated rings. The van der Waals surface area contributed by atoms with Crippen molar-refractivity contribution >= 4 is 20.0 Å². The van der Waals surface area contributed by atoms with E-state index in [1.807, 2.05) is 13.8 Å². The molecule has 2 aliphatic heterocycles. The Balaban J connectivity index is 1.71. The quantitative estimate of drug-likeness (QED) is 0.472. The van der Waals surface area contributed by atoms with Gasteiger partial charge in [-0.25, -0.2) is 16.8 Å². The van der Waals surface area contributed by atoms with Gasteiger partial charge in [-0.15, -0.1) is 0 Å². The largest absolute Gasteiger partial charge is 0.305 e. The number of fused-ring (bicyclic) bond motifs is 6. The maximum Gasteiger partial charge on any atom is 0.243 e. The molecule has 0 amide bonds. The van der Waals surface area contributed by atoms with Crippen molar-refractivity contribution in [2.24, 2.45) is 0 Å². The summed E-state index contributed by atoms with van der Waals surface area (Å²) >= 11 is 0. The first-order valence-electron chi connectivity index (χ1n) is 15.4. The van der Waals surface area contributed by atoms with Crippen LogP contribution in [0.25, 0.3) is 0 Å². The predicted molar refractivity (Wildman–Crippen MR) is 172 cm³/mol. The van der Waals surface area contributed by atoms with Crippen LogP contribution in [-0.4, -0.2) is 151 Å². The molecule has 240 valence electrons. The van der Waals surface area contributed by atoms with Crippen molar-refractivity contribution in [3.8, 4) is 0 Å². The highest BCUT2D eigenvalue weighted by molar-refractivity contribution is 7.89. The number of hydrogen-bond acceptors (Lipinski definition) is 8. The summed E-state index contributed by atoms with van der Waals surface area (Å²) in [4.78, 5) is 9.84. The van der Waals surface area contributed by atoms with E-state index in [-0.39, 0.29) is 29.4 Å². The van der Waals surface area contributed by atoms with E-state index in [0.29, 0.717) is 19.6 Å². The zero-order chi connectivity index (χ0) is 31.0. The van der Waals surface area contributed by atoms with E-state index in [1.165, 1.54) is 8.61 Å². The molecular formula is C31H50N6O4S2. The van der Waals surface area contributed by atoms with Gasteiger partial charge in [0.2, 0.25) is 20.0 Å². The van der Waals surface area contributed by atoms with Gasteiger partial charge in [0, 0.05) is 78.5 Å². The fourth-order valence-corrected chi connectivity index (χ4v) is 8.39. The summed E-state index contributed by atoms with van der Waals surface area (Å²) in [5, 5.41) is 0. The van der Waals surface area contributed by atoms with E-state index in [0.717, 1.165) is 69.9 Å². The van der Waals surface area contributed by atoms with Crippen molar-refractivity contribution in [2.75, 3.05) is 106 Å². The molecule has 43 heavy (non-hydrogen) atoms. The third-order valence-electron chi connectivity index (χ3n) is 8.66. The minimum atomic E-state index is -3.85. The van der Waals surface area contributed by atoms with Crippen LogP contribution >= 0.6 is 0 Å². The van der Waals surface area contributed by atoms with Crippen LogP contribution in [0.3, 0.4) is 0 Å². The summed E-state index contributed by atoms with van der Waals surface area (Å²) in [6, 6.07) is 13.8. The standard InChI is InChI=1S/C31H50N6O4S2/c1-28-6-10-30(11-7-28)42(38,39)36-24-22-34-15-5-14-32(3)16-20-35(21-18-33(4)17-19-34)23-25-37(27-26-36)43(40,41)31-12-8-29(2)9-13-31/h6-13H,5,14-27H2,1-4H3. The Morgan fingerprint density at radius 1 is 0.442 bits per heavy atom. The molecule has 2 atom stereocenters. The van der Waals surface area contributed by atoms with Crippen LogP contribution in [-0.2, 0) is 20.0 Å². The van der Waals surface area contributed by atoms with Crippen molar-refractivity contribution in [1.82, 2.24) is 28.2 Å². The lowest BCUT2D eigenvalue weighted by Crippen LogP contribution is -2.47. The summed E-state index contributed by atoms with van der Waals surface area (Å²) < 4.78 is 59.0. The molecule has 12 heteroatoms. The SMILES string of the molecule is Cc1ccc(S(=O)(=O)N2CCN3CCCN(C)CCN(CCN(C)CC3)CCN(S(=O)(=O)c3ccc(C)cc3)CC2)cc1. The number of sulfonamides is 2. The number of aryl methyl sites for hydroxylation is 2. The summed E-state index contributed by atoms with van der Waals surface area (Å²) in [6.45, 7) is 12.8. The fraction of sp³-hybridized carbons (Fsp3) is 0.613. The van der Waals surface area contributed by atoms with Crippen LogP contribution in [0.2, 0.25) is 0 Å². The van der Waals surface area contributed by atoms with Crippen LogP contribution in [0, 0.1) is 13.8 Å². The van der Waals surface area contributed by atoms with Gasteiger partial charge in [0.05, 0.1) is 9.79 Å². The molecule has 2 aliphatic rings. The Morgan fingerprint density at radius 2 is 0.767 bits per heavy atom. The van der Waals surface area contributed by atoms with E-state index < -0.39 is 20.0 Å². The van der Waals surface area contributed by atoms with Gasteiger partial charge in [0.1, 0.15) is 0 Å². The molecule has 2 heterocycles. The fourth-order valence-electron chi connectivity index (χ4n) is 5.55. The summed E-state index contributed by atoms with van der Waals surface area (Å²) in [5.74, 6) is 0. The van der Waals surface area contributed by atoms with Gasteiger partial charge in [-0.1, -0.05) is 35.4 Å². The van der Waals surface area contributed by atoms with Gasteiger partial charge in [-0.3, -0.25) is 4.90 Å². The minimum Gasteiger partial charge on any atom is -0.305 e. The minimum absolute atomic E-state index is 0.0783. The van der Waals surface area contributed by atoms with Crippen molar-refractivity contribution < 1.29 is 16.8 Å².